The van der Waals surface area contributed by atoms with Crippen LogP contribution in [-0.4, -0.2) is 23.5 Å². The molecule has 1 aromatic carbocycles. The van der Waals surface area contributed by atoms with Gasteiger partial charge in [0, 0.05) is 12.0 Å². The first-order valence-electron chi connectivity index (χ1n) is 9.57. The third-order valence-electron chi connectivity index (χ3n) is 4.57. The Morgan fingerprint density at radius 2 is 1.81 bits per heavy atom. The summed E-state index contributed by atoms with van der Waals surface area (Å²) in [5, 5.41) is 2.70. The van der Waals surface area contributed by atoms with Gasteiger partial charge >= 0.3 is 0 Å². The van der Waals surface area contributed by atoms with Crippen molar-refractivity contribution in [1.29, 1.82) is 0 Å². The highest BCUT2D eigenvalue weighted by atomic mass is 32.1. The Bertz CT molecular complexity index is 640. The number of ether oxygens (including phenoxy) is 1. The molecule has 1 aliphatic rings. The molecule has 7 heteroatoms. The zero-order valence-electron chi connectivity index (χ0n) is 16.0. The van der Waals surface area contributed by atoms with Gasteiger partial charge in [-0.3, -0.25) is 20.4 Å². The first-order chi connectivity index (χ1) is 12.9. The number of hydrogen-bond acceptors (Lipinski definition) is 4. The van der Waals surface area contributed by atoms with Gasteiger partial charge in [0.25, 0.3) is 5.91 Å². The summed E-state index contributed by atoms with van der Waals surface area (Å²) in [4.78, 5) is 24.1. The SMILES string of the molecule is CC(C)CCOc1ccc(C(=O)NNC(=S)NC(=O)CC2CCCC2)cc1. The van der Waals surface area contributed by atoms with Crippen LogP contribution in [-0.2, 0) is 4.79 Å². The summed E-state index contributed by atoms with van der Waals surface area (Å²) < 4.78 is 5.63. The van der Waals surface area contributed by atoms with Gasteiger partial charge in [-0.2, -0.15) is 0 Å². The highest BCUT2D eigenvalue weighted by molar-refractivity contribution is 7.80. The van der Waals surface area contributed by atoms with Crippen LogP contribution < -0.4 is 20.9 Å². The lowest BCUT2D eigenvalue weighted by Gasteiger charge is -2.13. The van der Waals surface area contributed by atoms with Crippen molar-refractivity contribution in [2.45, 2.75) is 52.4 Å². The Balaban J connectivity index is 1.69. The maximum Gasteiger partial charge on any atom is 0.269 e. The van der Waals surface area contributed by atoms with E-state index in [2.05, 4.69) is 30.0 Å². The van der Waals surface area contributed by atoms with E-state index in [4.69, 9.17) is 17.0 Å². The smallest absolute Gasteiger partial charge is 0.269 e. The molecular formula is C20H29N3O3S. The second kappa shape index (κ2) is 10.9. The third kappa shape index (κ3) is 7.95. The number of hydrogen-bond donors (Lipinski definition) is 3. The highest BCUT2D eigenvalue weighted by Gasteiger charge is 2.19. The molecule has 0 aromatic heterocycles. The van der Waals surface area contributed by atoms with Crippen LogP contribution in [0.1, 0.15) is 62.7 Å². The van der Waals surface area contributed by atoms with Gasteiger partial charge in [-0.1, -0.05) is 26.7 Å². The van der Waals surface area contributed by atoms with E-state index in [1.807, 2.05) is 0 Å². The quantitative estimate of drug-likeness (QED) is 0.491. The van der Waals surface area contributed by atoms with Gasteiger partial charge in [0.2, 0.25) is 5.91 Å². The number of carbonyl (C=O) groups is 2. The van der Waals surface area contributed by atoms with Gasteiger partial charge in [-0.25, -0.2) is 0 Å². The molecule has 0 saturated heterocycles. The Kier molecular flexibility index (Phi) is 8.51. The summed E-state index contributed by atoms with van der Waals surface area (Å²) in [6.45, 7) is 4.94. The molecule has 27 heavy (non-hydrogen) atoms. The number of rotatable bonds is 7. The molecule has 2 rings (SSSR count). The second-order valence-corrected chi connectivity index (χ2v) is 7.77. The molecule has 0 aliphatic heterocycles. The van der Waals surface area contributed by atoms with Crippen molar-refractivity contribution in [2.75, 3.05) is 6.61 Å². The van der Waals surface area contributed by atoms with Crippen molar-refractivity contribution in [2.24, 2.45) is 11.8 Å². The molecular weight excluding hydrogens is 362 g/mol. The summed E-state index contributed by atoms with van der Waals surface area (Å²) in [5.41, 5.74) is 5.53. The molecule has 148 valence electrons. The van der Waals surface area contributed by atoms with Crippen LogP contribution in [0.15, 0.2) is 24.3 Å². The number of hydrazine groups is 1. The Labute approximate surface area is 166 Å². The van der Waals surface area contributed by atoms with Crippen molar-refractivity contribution in [1.82, 2.24) is 16.2 Å². The molecule has 0 unspecified atom stereocenters. The van der Waals surface area contributed by atoms with Crippen molar-refractivity contribution < 1.29 is 14.3 Å². The average Bonchev–Trinajstić information content (AvgIpc) is 3.12. The fraction of sp³-hybridized carbons (Fsp3) is 0.550. The van der Waals surface area contributed by atoms with E-state index in [1.54, 1.807) is 24.3 Å². The number of amides is 2. The minimum atomic E-state index is -0.337. The Morgan fingerprint density at radius 1 is 1.15 bits per heavy atom. The Morgan fingerprint density at radius 3 is 2.44 bits per heavy atom. The first-order valence-corrected chi connectivity index (χ1v) is 9.98. The topological polar surface area (TPSA) is 79.5 Å². The fourth-order valence-electron chi connectivity index (χ4n) is 2.99. The number of nitrogens with one attached hydrogen (secondary N) is 3. The van der Waals surface area contributed by atoms with Crippen LogP contribution in [0.5, 0.6) is 5.75 Å². The minimum Gasteiger partial charge on any atom is -0.494 e. The summed E-state index contributed by atoms with van der Waals surface area (Å²) in [7, 11) is 0. The standard InChI is InChI=1S/C20H29N3O3S/c1-14(2)11-12-26-17-9-7-16(8-10-17)19(25)22-23-20(27)21-18(24)13-15-5-3-4-6-15/h7-10,14-15H,3-6,11-13H2,1-2H3,(H,22,25)(H2,21,23,24,27). The van der Waals surface area contributed by atoms with Crippen LogP contribution in [0, 0.1) is 11.8 Å². The van der Waals surface area contributed by atoms with E-state index in [1.165, 1.54) is 12.8 Å². The Hall–Kier alpha value is -2.15. The summed E-state index contributed by atoms with van der Waals surface area (Å²) in [5.74, 6) is 1.31. The predicted octanol–water partition coefficient (Wildman–Crippen LogP) is 3.33. The lowest BCUT2D eigenvalue weighted by atomic mass is 10.0. The molecule has 0 radical (unpaired) electrons. The van der Waals surface area contributed by atoms with E-state index in [0.29, 0.717) is 30.4 Å². The molecule has 3 N–H and O–H groups in total. The van der Waals surface area contributed by atoms with Crippen molar-refractivity contribution in [3.63, 3.8) is 0 Å². The lowest BCUT2D eigenvalue weighted by molar-refractivity contribution is -0.120. The monoisotopic (exact) mass is 391 g/mol. The van der Waals surface area contributed by atoms with Crippen LogP contribution in [0.25, 0.3) is 0 Å². The van der Waals surface area contributed by atoms with E-state index in [9.17, 15) is 9.59 Å². The summed E-state index contributed by atoms with van der Waals surface area (Å²) >= 11 is 5.05. The average molecular weight is 392 g/mol. The number of thiocarbonyl (C=S) groups is 1. The molecule has 0 heterocycles. The normalized spacial score (nSPS) is 14.0. The van der Waals surface area contributed by atoms with Crippen LogP contribution in [0.3, 0.4) is 0 Å². The van der Waals surface area contributed by atoms with Crippen LogP contribution >= 0.6 is 12.2 Å². The maximum absolute atomic E-state index is 12.1. The number of benzene rings is 1. The van der Waals surface area contributed by atoms with E-state index < -0.39 is 0 Å². The van der Waals surface area contributed by atoms with Gasteiger partial charge in [-0.15, -0.1) is 0 Å². The molecule has 1 aromatic rings. The van der Waals surface area contributed by atoms with Crippen molar-refractivity contribution >= 4 is 29.1 Å². The zero-order chi connectivity index (χ0) is 19.6. The third-order valence-corrected chi connectivity index (χ3v) is 4.78. The molecule has 1 fully saturated rings. The lowest BCUT2D eigenvalue weighted by Crippen LogP contribution is -2.48. The first kappa shape index (κ1) is 21.2. The number of carbonyl (C=O) groups excluding carboxylic acids is 2. The zero-order valence-corrected chi connectivity index (χ0v) is 16.9. The minimum absolute atomic E-state index is 0.0972. The van der Waals surface area contributed by atoms with Gasteiger partial charge in [0.1, 0.15) is 5.75 Å². The van der Waals surface area contributed by atoms with E-state index in [0.717, 1.165) is 25.0 Å². The van der Waals surface area contributed by atoms with Gasteiger partial charge in [-0.05, 0) is 67.6 Å². The van der Waals surface area contributed by atoms with Crippen LogP contribution in [0.2, 0.25) is 0 Å². The molecule has 0 bridgehead atoms. The largest absolute Gasteiger partial charge is 0.494 e. The van der Waals surface area contributed by atoms with E-state index in [-0.39, 0.29) is 16.9 Å². The maximum atomic E-state index is 12.1. The summed E-state index contributed by atoms with van der Waals surface area (Å²) in [6, 6.07) is 6.89. The van der Waals surface area contributed by atoms with Gasteiger partial charge < -0.3 is 10.1 Å². The van der Waals surface area contributed by atoms with Crippen molar-refractivity contribution in [3.05, 3.63) is 29.8 Å². The molecule has 0 spiro atoms. The fourth-order valence-corrected chi connectivity index (χ4v) is 3.15. The highest BCUT2D eigenvalue weighted by Crippen LogP contribution is 2.27. The van der Waals surface area contributed by atoms with Gasteiger partial charge in [0.15, 0.2) is 5.11 Å². The molecule has 1 aliphatic carbocycles. The van der Waals surface area contributed by atoms with E-state index >= 15 is 0 Å². The van der Waals surface area contributed by atoms with Crippen LogP contribution in [0.4, 0.5) is 0 Å². The predicted molar refractivity (Wildman–Crippen MR) is 109 cm³/mol. The van der Waals surface area contributed by atoms with Crippen molar-refractivity contribution in [3.8, 4) is 5.75 Å². The second-order valence-electron chi connectivity index (χ2n) is 7.37. The molecule has 0 atom stereocenters. The molecule has 2 amide bonds. The summed E-state index contributed by atoms with van der Waals surface area (Å²) in [6.07, 6.45) is 6.05. The molecule has 1 saturated carbocycles. The van der Waals surface area contributed by atoms with Gasteiger partial charge in [0.05, 0.1) is 6.61 Å². The molecule has 6 nitrogen and oxygen atoms in total.